The Morgan fingerprint density at radius 2 is 1.96 bits per heavy atom. The minimum absolute atomic E-state index is 0.277. The molecule has 3 atom stereocenters. The van der Waals surface area contributed by atoms with Gasteiger partial charge in [-0.3, -0.25) is 9.79 Å². The van der Waals surface area contributed by atoms with E-state index in [1.54, 1.807) is 13.8 Å². The van der Waals surface area contributed by atoms with E-state index in [0.29, 0.717) is 11.5 Å². The molecule has 0 bridgehead atoms. The van der Waals surface area contributed by atoms with Gasteiger partial charge >= 0.3 is 11.9 Å². The summed E-state index contributed by atoms with van der Waals surface area (Å²) < 4.78 is 10.2. The Hall–Kier alpha value is -1.82. The van der Waals surface area contributed by atoms with Crippen molar-refractivity contribution in [2.24, 2.45) is 16.8 Å². The Kier molecular flexibility index (Phi) is 6.04. The van der Waals surface area contributed by atoms with Gasteiger partial charge in [-0.1, -0.05) is 30.3 Å². The Bertz CT molecular complexity index is 631. The lowest BCUT2D eigenvalue weighted by atomic mass is 9.76. The number of ether oxygens (including phenoxy) is 2. The SMILES string of the molecule is CCOC(=O)[C@@]1(C)N=C(SC)[C@@H](C(=O)OC)[C@@H]1Cc1ccccc1. The quantitative estimate of drug-likeness (QED) is 0.765. The minimum atomic E-state index is -1.09. The molecule has 0 aliphatic carbocycles. The van der Waals surface area contributed by atoms with Gasteiger partial charge in [-0.25, -0.2) is 4.79 Å². The van der Waals surface area contributed by atoms with Crippen LogP contribution in [0.25, 0.3) is 0 Å². The van der Waals surface area contributed by atoms with Crippen molar-refractivity contribution in [1.82, 2.24) is 0 Å². The summed E-state index contributed by atoms with van der Waals surface area (Å²) in [5.74, 6) is -1.66. The van der Waals surface area contributed by atoms with Gasteiger partial charge in [0.05, 0.1) is 18.8 Å². The van der Waals surface area contributed by atoms with Crippen molar-refractivity contribution in [1.29, 1.82) is 0 Å². The van der Waals surface area contributed by atoms with Crippen molar-refractivity contribution in [3.8, 4) is 0 Å². The van der Waals surface area contributed by atoms with Crippen LogP contribution >= 0.6 is 11.8 Å². The first-order valence-corrected chi connectivity index (χ1v) is 9.13. The monoisotopic (exact) mass is 349 g/mol. The van der Waals surface area contributed by atoms with Crippen LogP contribution in [0.5, 0.6) is 0 Å². The van der Waals surface area contributed by atoms with Crippen LogP contribution in [-0.2, 0) is 25.5 Å². The highest BCUT2D eigenvalue weighted by Gasteiger charge is 2.55. The van der Waals surface area contributed by atoms with Crippen molar-refractivity contribution >= 4 is 28.7 Å². The van der Waals surface area contributed by atoms with Crippen LogP contribution in [0.15, 0.2) is 35.3 Å². The highest BCUT2D eigenvalue weighted by atomic mass is 32.2. The number of esters is 2. The van der Waals surface area contributed by atoms with Crippen LogP contribution < -0.4 is 0 Å². The Labute approximate surface area is 146 Å². The molecule has 0 unspecified atom stereocenters. The van der Waals surface area contributed by atoms with Crippen LogP contribution in [0, 0.1) is 11.8 Å². The van der Waals surface area contributed by atoms with Crippen molar-refractivity contribution in [3.63, 3.8) is 0 Å². The Balaban J connectivity index is 2.44. The van der Waals surface area contributed by atoms with Crippen LogP contribution in [0.4, 0.5) is 0 Å². The lowest BCUT2D eigenvalue weighted by Gasteiger charge is -2.29. The molecule has 0 spiro atoms. The molecule has 0 N–H and O–H groups in total. The first-order chi connectivity index (χ1) is 11.5. The zero-order chi connectivity index (χ0) is 17.7. The number of carbonyl (C=O) groups excluding carboxylic acids is 2. The summed E-state index contributed by atoms with van der Waals surface area (Å²) in [6.07, 6.45) is 2.40. The standard InChI is InChI=1S/C18H23NO4S/c1-5-23-17(21)18(2)13(11-12-9-7-6-8-10-12)14(16(20)22-3)15(19-18)24-4/h6-10,13-14H,5,11H2,1-4H3/t13-,14-,18-/m0/s1. The number of nitrogens with zero attached hydrogens (tertiary/aromatic N) is 1. The molecule has 2 rings (SSSR count). The van der Waals surface area contributed by atoms with E-state index in [4.69, 9.17) is 9.47 Å². The van der Waals surface area contributed by atoms with E-state index < -0.39 is 17.4 Å². The third-order valence-electron chi connectivity index (χ3n) is 4.38. The van der Waals surface area contributed by atoms with E-state index in [9.17, 15) is 9.59 Å². The second-order valence-corrected chi connectivity index (χ2v) is 6.65. The first kappa shape index (κ1) is 18.5. The maximum Gasteiger partial charge on any atom is 0.334 e. The minimum Gasteiger partial charge on any atom is -0.468 e. The van der Waals surface area contributed by atoms with E-state index in [1.807, 2.05) is 36.6 Å². The number of thioether (sulfide) groups is 1. The maximum absolute atomic E-state index is 12.6. The summed E-state index contributed by atoms with van der Waals surface area (Å²) >= 11 is 1.38. The summed E-state index contributed by atoms with van der Waals surface area (Å²) in [7, 11) is 1.36. The number of benzene rings is 1. The number of methoxy groups -OCH3 is 1. The summed E-state index contributed by atoms with van der Waals surface area (Å²) in [6, 6.07) is 9.78. The molecule has 24 heavy (non-hydrogen) atoms. The van der Waals surface area contributed by atoms with Crippen molar-refractivity contribution < 1.29 is 19.1 Å². The van der Waals surface area contributed by atoms with Gasteiger partial charge in [0.15, 0.2) is 5.54 Å². The Morgan fingerprint density at radius 3 is 2.50 bits per heavy atom. The highest BCUT2D eigenvalue weighted by molar-refractivity contribution is 8.13. The zero-order valence-corrected chi connectivity index (χ0v) is 15.3. The fourth-order valence-electron chi connectivity index (χ4n) is 3.10. The molecule has 1 aliphatic rings. The number of aliphatic imine (C=N–C) groups is 1. The van der Waals surface area contributed by atoms with Crippen molar-refractivity contribution in [2.75, 3.05) is 20.0 Å². The average molecular weight is 349 g/mol. The predicted molar refractivity (Wildman–Crippen MR) is 95.1 cm³/mol. The largest absolute Gasteiger partial charge is 0.468 e. The van der Waals surface area contributed by atoms with Gasteiger partial charge in [0.1, 0.15) is 5.92 Å². The van der Waals surface area contributed by atoms with Gasteiger partial charge < -0.3 is 9.47 Å². The fourth-order valence-corrected chi connectivity index (χ4v) is 3.90. The molecule has 0 saturated carbocycles. The highest BCUT2D eigenvalue weighted by Crippen LogP contribution is 2.42. The first-order valence-electron chi connectivity index (χ1n) is 7.90. The van der Waals surface area contributed by atoms with E-state index in [2.05, 4.69) is 4.99 Å². The fraction of sp³-hybridized carbons (Fsp3) is 0.500. The van der Waals surface area contributed by atoms with Gasteiger partial charge in [-0.05, 0) is 32.1 Å². The molecular formula is C18H23NO4S. The molecule has 1 aliphatic heterocycles. The third kappa shape index (κ3) is 3.48. The normalized spacial score (nSPS) is 25.9. The van der Waals surface area contributed by atoms with Crippen molar-refractivity contribution in [3.05, 3.63) is 35.9 Å². The summed E-state index contributed by atoms with van der Waals surface area (Å²) in [6.45, 7) is 3.79. The molecule has 0 radical (unpaired) electrons. The molecule has 0 aromatic heterocycles. The topological polar surface area (TPSA) is 65.0 Å². The molecule has 5 nitrogen and oxygen atoms in total. The summed E-state index contributed by atoms with van der Waals surface area (Å²) in [4.78, 5) is 29.6. The lowest BCUT2D eigenvalue weighted by Crippen LogP contribution is -2.45. The van der Waals surface area contributed by atoms with E-state index in [-0.39, 0.29) is 18.5 Å². The molecule has 0 saturated heterocycles. The third-order valence-corrected chi connectivity index (χ3v) is 5.15. The number of hydrogen-bond donors (Lipinski definition) is 0. The predicted octanol–water partition coefficient (Wildman–Crippen LogP) is 2.73. The van der Waals surface area contributed by atoms with Gasteiger partial charge in [0.25, 0.3) is 0 Å². The lowest BCUT2D eigenvalue weighted by molar-refractivity contribution is -0.152. The molecule has 1 aromatic rings. The van der Waals surface area contributed by atoms with Crippen LogP contribution in [0.1, 0.15) is 19.4 Å². The molecule has 6 heteroatoms. The molecule has 1 aromatic carbocycles. The number of rotatable bonds is 5. The van der Waals surface area contributed by atoms with E-state index in [0.717, 1.165) is 5.56 Å². The van der Waals surface area contributed by atoms with Gasteiger partial charge in [0, 0.05) is 5.92 Å². The summed E-state index contributed by atoms with van der Waals surface area (Å²) in [5.41, 5.74) is -0.0484. The van der Waals surface area contributed by atoms with Gasteiger partial charge in [-0.15, -0.1) is 11.8 Å². The molecule has 0 fully saturated rings. The molecule has 130 valence electrons. The average Bonchev–Trinajstić information content (AvgIpc) is 2.89. The van der Waals surface area contributed by atoms with E-state index >= 15 is 0 Å². The van der Waals surface area contributed by atoms with E-state index in [1.165, 1.54) is 18.9 Å². The second-order valence-electron chi connectivity index (χ2n) is 5.82. The maximum atomic E-state index is 12.6. The zero-order valence-electron chi connectivity index (χ0n) is 14.4. The van der Waals surface area contributed by atoms with Crippen LogP contribution in [-0.4, -0.2) is 42.5 Å². The molecule has 1 heterocycles. The number of carbonyl (C=O) groups is 2. The Morgan fingerprint density at radius 1 is 1.29 bits per heavy atom. The number of hydrogen-bond acceptors (Lipinski definition) is 6. The van der Waals surface area contributed by atoms with Gasteiger partial charge in [-0.2, -0.15) is 0 Å². The van der Waals surface area contributed by atoms with Crippen LogP contribution in [0.2, 0.25) is 0 Å². The van der Waals surface area contributed by atoms with Crippen LogP contribution in [0.3, 0.4) is 0 Å². The molecule has 0 amide bonds. The van der Waals surface area contributed by atoms with Gasteiger partial charge in [0.2, 0.25) is 0 Å². The summed E-state index contributed by atoms with van der Waals surface area (Å²) in [5, 5.41) is 0.623. The second kappa shape index (κ2) is 7.83. The van der Waals surface area contributed by atoms with Crippen molar-refractivity contribution in [2.45, 2.75) is 25.8 Å². The smallest absolute Gasteiger partial charge is 0.334 e. The molecular weight excluding hydrogens is 326 g/mol.